The van der Waals surface area contributed by atoms with Crippen molar-refractivity contribution in [1.82, 2.24) is 25.4 Å². The molecule has 20 heavy (non-hydrogen) atoms. The summed E-state index contributed by atoms with van der Waals surface area (Å²) in [5, 5.41) is 18.5. The molecule has 1 atom stereocenters. The molecule has 8 heteroatoms. The Bertz CT molecular complexity index is 511. The third-order valence-electron chi connectivity index (χ3n) is 3.49. The summed E-state index contributed by atoms with van der Waals surface area (Å²) in [6.45, 7) is 1.91. The van der Waals surface area contributed by atoms with Crippen LogP contribution in [0.1, 0.15) is 25.6 Å². The highest BCUT2D eigenvalue weighted by Crippen LogP contribution is 2.39. The molecule has 0 saturated heterocycles. The number of aliphatic carboxylic acids is 1. The van der Waals surface area contributed by atoms with Gasteiger partial charge in [-0.2, -0.15) is 5.10 Å². The van der Waals surface area contributed by atoms with Gasteiger partial charge in [0.2, 0.25) is 0 Å². The van der Waals surface area contributed by atoms with Crippen molar-refractivity contribution in [3.8, 4) is 0 Å². The van der Waals surface area contributed by atoms with Crippen molar-refractivity contribution in [3.63, 3.8) is 0 Å². The van der Waals surface area contributed by atoms with Gasteiger partial charge in [-0.3, -0.25) is 4.68 Å². The van der Waals surface area contributed by atoms with Crippen LogP contribution in [0.2, 0.25) is 0 Å². The molecule has 0 aliphatic heterocycles. The minimum absolute atomic E-state index is 0.0169. The van der Waals surface area contributed by atoms with Crippen molar-refractivity contribution in [1.29, 1.82) is 0 Å². The molecule has 1 heterocycles. The normalized spacial score (nSPS) is 17.3. The van der Waals surface area contributed by atoms with Gasteiger partial charge >= 0.3 is 12.0 Å². The van der Waals surface area contributed by atoms with E-state index in [2.05, 4.69) is 20.7 Å². The zero-order chi connectivity index (χ0) is 14.8. The zero-order valence-electron chi connectivity index (χ0n) is 11.6. The first-order valence-corrected chi connectivity index (χ1v) is 6.55. The maximum atomic E-state index is 11.8. The Morgan fingerprint density at radius 3 is 2.75 bits per heavy atom. The Morgan fingerprint density at radius 1 is 1.55 bits per heavy atom. The van der Waals surface area contributed by atoms with Crippen molar-refractivity contribution in [3.05, 3.63) is 12.2 Å². The lowest BCUT2D eigenvalue weighted by Crippen LogP contribution is -2.56. The van der Waals surface area contributed by atoms with Crippen LogP contribution in [0, 0.1) is 5.92 Å². The van der Waals surface area contributed by atoms with E-state index in [0.717, 1.165) is 12.8 Å². The van der Waals surface area contributed by atoms with Gasteiger partial charge in [0, 0.05) is 20.0 Å². The molecule has 2 amide bonds. The van der Waals surface area contributed by atoms with Gasteiger partial charge in [-0.05, 0) is 25.7 Å². The highest BCUT2D eigenvalue weighted by Gasteiger charge is 2.48. The average Bonchev–Trinajstić information content (AvgIpc) is 3.14. The number of urea groups is 1. The fourth-order valence-corrected chi connectivity index (χ4v) is 2.06. The quantitative estimate of drug-likeness (QED) is 0.675. The molecule has 0 spiro atoms. The Kier molecular flexibility index (Phi) is 3.91. The molecule has 1 unspecified atom stereocenters. The van der Waals surface area contributed by atoms with Crippen LogP contribution in [0.5, 0.6) is 0 Å². The number of aryl methyl sites for hydroxylation is 1. The Balaban J connectivity index is 1.78. The Labute approximate surface area is 116 Å². The van der Waals surface area contributed by atoms with E-state index in [-0.39, 0.29) is 5.92 Å². The summed E-state index contributed by atoms with van der Waals surface area (Å²) in [4.78, 5) is 27.1. The number of rotatable bonds is 6. The molecule has 1 aromatic heterocycles. The van der Waals surface area contributed by atoms with Gasteiger partial charge in [-0.25, -0.2) is 14.6 Å². The third kappa shape index (κ3) is 3.25. The molecule has 1 saturated carbocycles. The summed E-state index contributed by atoms with van der Waals surface area (Å²) in [5.41, 5.74) is -1.19. The minimum Gasteiger partial charge on any atom is -0.480 e. The third-order valence-corrected chi connectivity index (χ3v) is 3.49. The highest BCUT2D eigenvalue weighted by atomic mass is 16.4. The summed E-state index contributed by atoms with van der Waals surface area (Å²) < 4.78 is 1.59. The van der Waals surface area contributed by atoms with E-state index in [9.17, 15) is 14.7 Å². The van der Waals surface area contributed by atoms with E-state index in [0.29, 0.717) is 18.8 Å². The maximum Gasteiger partial charge on any atom is 0.329 e. The van der Waals surface area contributed by atoms with Crippen molar-refractivity contribution >= 4 is 12.0 Å². The lowest BCUT2D eigenvalue weighted by Gasteiger charge is -2.26. The lowest BCUT2D eigenvalue weighted by molar-refractivity contribution is -0.144. The van der Waals surface area contributed by atoms with Gasteiger partial charge in [0.1, 0.15) is 11.9 Å². The first-order valence-electron chi connectivity index (χ1n) is 6.55. The molecule has 8 nitrogen and oxygen atoms in total. The van der Waals surface area contributed by atoms with Crippen molar-refractivity contribution < 1.29 is 14.7 Å². The number of amides is 2. The predicted octanol–water partition coefficient (Wildman–Crippen LogP) is -0.0899. The monoisotopic (exact) mass is 281 g/mol. The molecule has 1 fully saturated rings. The molecule has 0 aromatic carbocycles. The molecule has 0 bridgehead atoms. The van der Waals surface area contributed by atoms with Crippen LogP contribution in [-0.2, 0) is 18.3 Å². The fraction of sp³-hybridized carbons (Fsp3) is 0.667. The van der Waals surface area contributed by atoms with Gasteiger partial charge in [0.25, 0.3) is 0 Å². The average molecular weight is 281 g/mol. The smallest absolute Gasteiger partial charge is 0.329 e. The number of hydrogen-bond acceptors (Lipinski definition) is 4. The second kappa shape index (κ2) is 5.48. The molecular formula is C12H19N5O3. The van der Waals surface area contributed by atoms with Gasteiger partial charge in [0.05, 0.1) is 0 Å². The van der Waals surface area contributed by atoms with Gasteiger partial charge in [-0.15, -0.1) is 0 Å². The van der Waals surface area contributed by atoms with Crippen molar-refractivity contribution in [2.75, 3.05) is 6.54 Å². The number of carbonyl (C=O) groups is 2. The SMILES string of the molecule is Cn1cnc(CCNC(=O)NC(C)(C(=O)O)C2CC2)n1. The first kappa shape index (κ1) is 14.3. The molecule has 1 aliphatic carbocycles. The maximum absolute atomic E-state index is 11.8. The van der Waals surface area contributed by atoms with Crippen molar-refractivity contribution in [2.45, 2.75) is 31.7 Å². The summed E-state index contributed by atoms with van der Waals surface area (Å²) in [7, 11) is 1.77. The van der Waals surface area contributed by atoms with Crippen LogP contribution in [0.4, 0.5) is 4.79 Å². The van der Waals surface area contributed by atoms with Gasteiger partial charge in [0.15, 0.2) is 5.82 Å². The molecule has 3 N–H and O–H groups in total. The number of carboxylic acid groups (broad SMARTS) is 1. The second-order valence-electron chi connectivity index (χ2n) is 5.25. The summed E-state index contributed by atoms with van der Waals surface area (Å²) in [6, 6.07) is -0.474. The number of nitrogens with one attached hydrogen (secondary N) is 2. The molecule has 110 valence electrons. The first-order chi connectivity index (χ1) is 9.41. The highest BCUT2D eigenvalue weighted by molar-refractivity contribution is 5.86. The van der Waals surface area contributed by atoms with E-state index in [1.165, 1.54) is 0 Å². The van der Waals surface area contributed by atoms with Crippen LogP contribution in [0.3, 0.4) is 0 Å². The number of hydrogen-bond donors (Lipinski definition) is 3. The minimum atomic E-state index is -1.19. The Morgan fingerprint density at radius 2 is 2.25 bits per heavy atom. The van der Waals surface area contributed by atoms with E-state index < -0.39 is 17.5 Å². The number of nitrogens with zero attached hydrogens (tertiary/aromatic N) is 3. The zero-order valence-corrected chi connectivity index (χ0v) is 11.6. The van der Waals surface area contributed by atoms with Crippen LogP contribution in [-0.4, -0.2) is 44.0 Å². The number of carboxylic acids is 1. The van der Waals surface area contributed by atoms with E-state index in [4.69, 9.17) is 0 Å². The number of carbonyl (C=O) groups excluding carboxylic acids is 1. The summed E-state index contributed by atoms with van der Waals surface area (Å²) >= 11 is 0. The van der Waals surface area contributed by atoms with Crippen LogP contribution < -0.4 is 10.6 Å². The van der Waals surface area contributed by atoms with Crippen LogP contribution in [0.15, 0.2) is 6.33 Å². The van der Waals surface area contributed by atoms with E-state index >= 15 is 0 Å². The largest absolute Gasteiger partial charge is 0.480 e. The molecule has 0 radical (unpaired) electrons. The molecular weight excluding hydrogens is 262 g/mol. The van der Waals surface area contributed by atoms with Gasteiger partial charge < -0.3 is 15.7 Å². The fourth-order valence-electron chi connectivity index (χ4n) is 2.06. The van der Waals surface area contributed by atoms with Crippen LogP contribution >= 0.6 is 0 Å². The topological polar surface area (TPSA) is 109 Å². The van der Waals surface area contributed by atoms with Crippen LogP contribution in [0.25, 0.3) is 0 Å². The molecule has 1 aromatic rings. The Hall–Kier alpha value is -2.12. The lowest BCUT2D eigenvalue weighted by atomic mass is 9.96. The van der Waals surface area contributed by atoms with Crippen molar-refractivity contribution in [2.24, 2.45) is 13.0 Å². The standard InChI is InChI=1S/C12H19N5O3/c1-12(10(18)19,8-3-4-8)15-11(20)13-6-5-9-14-7-17(2)16-9/h7-8H,3-6H2,1-2H3,(H,18,19)(H2,13,15,20). The number of aromatic nitrogens is 3. The second-order valence-corrected chi connectivity index (χ2v) is 5.25. The van der Waals surface area contributed by atoms with Gasteiger partial charge in [-0.1, -0.05) is 0 Å². The predicted molar refractivity (Wildman–Crippen MR) is 70.0 cm³/mol. The molecule has 1 aliphatic rings. The van der Waals surface area contributed by atoms with E-state index in [1.54, 1.807) is 25.0 Å². The molecule has 2 rings (SSSR count). The summed E-state index contributed by atoms with van der Waals surface area (Å²) in [6.07, 6.45) is 3.76. The van der Waals surface area contributed by atoms with E-state index in [1.807, 2.05) is 0 Å². The summed E-state index contributed by atoms with van der Waals surface area (Å²) in [5.74, 6) is -0.347.